The van der Waals surface area contributed by atoms with Gasteiger partial charge in [0.2, 0.25) is 11.8 Å². The van der Waals surface area contributed by atoms with Gasteiger partial charge in [-0.1, -0.05) is 6.92 Å². The van der Waals surface area contributed by atoms with E-state index in [1.165, 1.54) is 0 Å². The second-order valence-corrected chi connectivity index (χ2v) is 5.06. The Morgan fingerprint density at radius 2 is 1.25 bits per heavy atom. The van der Waals surface area contributed by atoms with Crippen LogP contribution in [0.3, 0.4) is 0 Å². The van der Waals surface area contributed by atoms with E-state index in [0.717, 1.165) is 0 Å². The number of amides is 2. The standard InChI is InChI=1S/C16H30N2O6/c1-3-14(19)4-10-23-12-7-18-16(21)6-11-24-13-8-17-15(20)5-9-22-2/h3-13H2,1-2H3,(H,17,20)(H,18,21). The molecule has 0 unspecified atom stereocenters. The number of Topliss-reactive ketones (excluding diaryl/α,β-unsaturated/α-hetero) is 1. The number of nitrogens with one attached hydrogen (secondary N) is 2. The van der Waals surface area contributed by atoms with Gasteiger partial charge in [0.05, 0.1) is 33.0 Å². The molecule has 0 saturated heterocycles. The van der Waals surface area contributed by atoms with E-state index in [1.807, 2.05) is 6.92 Å². The van der Waals surface area contributed by atoms with Gasteiger partial charge in [-0.25, -0.2) is 0 Å². The highest BCUT2D eigenvalue weighted by Gasteiger charge is 2.02. The molecule has 0 aliphatic heterocycles. The summed E-state index contributed by atoms with van der Waals surface area (Å²) >= 11 is 0. The van der Waals surface area contributed by atoms with Gasteiger partial charge < -0.3 is 24.8 Å². The highest BCUT2D eigenvalue weighted by atomic mass is 16.5. The summed E-state index contributed by atoms with van der Waals surface area (Å²) in [6.07, 6.45) is 1.52. The maximum absolute atomic E-state index is 11.5. The Bertz CT molecular complexity index is 362. The zero-order valence-electron chi connectivity index (χ0n) is 14.7. The smallest absolute Gasteiger partial charge is 0.222 e. The summed E-state index contributed by atoms with van der Waals surface area (Å²) in [5, 5.41) is 5.39. The Hall–Kier alpha value is -1.51. The maximum Gasteiger partial charge on any atom is 0.222 e. The molecular formula is C16H30N2O6. The second kappa shape index (κ2) is 16.4. The summed E-state index contributed by atoms with van der Waals surface area (Å²) in [5.41, 5.74) is 0. The number of ether oxygens (including phenoxy) is 3. The van der Waals surface area contributed by atoms with E-state index in [-0.39, 0.29) is 24.0 Å². The lowest BCUT2D eigenvalue weighted by molar-refractivity contribution is -0.124. The molecule has 0 saturated carbocycles. The number of ketones is 1. The summed E-state index contributed by atoms with van der Waals surface area (Å²) in [7, 11) is 1.54. The molecule has 24 heavy (non-hydrogen) atoms. The molecule has 0 aromatic carbocycles. The van der Waals surface area contributed by atoms with Crippen LogP contribution in [0.25, 0.3) is 0 Å². The van der Waals surface area contributed by atoms with Gasteiger partial charge in [0, 0.05) is 45.9 Å². The van der Waals surface area contributed by atoms with E-state index in [4.69, 9.17) is 14.2 Å². The molecule has 140 valence electrons. The number of hydrogen-bond donors (Lipinski definition) is 2. The molecule has 0 bridgehead atoms. The van der Waals surface area contributed by atoms with Crippen molar-refractivity contribution in [2.45, 2.75) is 32.6 Å². The number of carbonyl (C=O) groups excluding carboxylic acids is 3. The molecule has 0 aliphatic carbocycles. The van der Waals surface area contributed by atoms with Gasteiger partial charge >= 0.3 is 0 Å². The SMILES string of the molecule is CCC(=O)CCOCCNC(=O)CCOCCNC(=O)CCOC. The molecule has 0 aliphatic rings. The van der Waals surface area contributed by atoms with Crippen molar-refractivity contribution in [1.29, 1.82) is 0 Å². The minimum Gasteiger partial charge on any atom is -0.384 e. The predicted octanol–water partition coefficient (Wildman–Crippen LogP) is 0.0478. The monoisotopic (exact) mass is 346 g/mol. The number of carbonyl (C=O) groups is 3. The van der Waals surface area contributed by atoms with Gasteiger partial charge in [-0.15, -0.1) is 0 Å². The minimum absolute atomic E-state index is 0.0844. The minimum atomic E-state index is -0.118. The van der Waals surface area contributed by atoms with E-state index in [2.05, 4.69) is 10.6 Å². The van der Waals surface area contributed by atoms with Crippen LogP contribution in [-0.2, 0) is 28.6 Å². The average molecular weight is 346 g/mol. The average Bonchev–Trinajstić information content (AvgIpc) is 2.58. The van der Waals surface area contributed by atoms with Crippen LogP contribution in [0.5, 0.6) is 0 Å². The van der Waals surface area contributed by atoms with Crippen LogP contribution in [0, 0.1) is 0 Å². The fourth-order valence-corrected chi connectivity index (χ4v) is 1.63. The number of rotatable bonds is 16. The van der Waals surface area contributed by atoms with Crippen molar-refractivity contribution in [3.8, 4) is 0 Å². The largest absolute Gasteiger partial charge is 0.384 e. The second-order valence-electron chi connectivity index (χ2n) is 5.06. The molecule has 0 atom stereocenters. The first kappa shape index (κ1) is 22.5. The van der Waals surface area contributed by atoms with Crippen molar-refractivity contribution in [2.24, 2.45) is 0 Å². The van der Waals surface area contributed by atoms with E-state index in [1.54, 1.807) is 7.11 Å². The maximum atomic E-state index is 11.5. The molecule has 2 N–H and O–H groups in total. The molecule has 0 radical (unpaired) electrons. The normalized spacial score (nSPS) is 10.4. The third-order valence-corrected chi connectivity index (χ3v) is 3.06. The molecule has 2 amide bonds. The molecule has 8 nitrogen and oxygen atoms in total. The van der Waals surface area contributed by atoms with Crippen LogP contribution in [-0.4, -0.2) is 70.8 Å². The Morgan fingerprint density at radius 1 is 0.750 bits per heavy atom. The molecule has 0 rings (SSSR count). The predicted molar refractivity (Wildman–Crippen MR) is 88.7 cm³/mol. The van der Waals surface area contributed by atoms with Crippen molar-refractivity contribution in [2.75, 3.05) is 53.2 Å². The molecular weight excluding hydrogens is 316 g/mol. The van der Waals surface area contributed by atoms with E-state index in [0.29, 0.717) is 65.4 Å². The van der Waals surface area contributed by atoms with Gasteiger partial charge in [-0.2, -0.15) is 0 Å². The molecule has 0 spiro atoms. The Morgan fingerprint density at radius 3 is 1.75 bits per heavy atom. The fourth-order valence-electron chi connectivity index (χ4n) is 1.63. The van der Waals surface area contributed by atoms with Gasteiger partial charge in [-0.05, 0) is 0 Å². The molecule has 0 fully saturated rings. The lowest BCUT2D eigenvalue weighted by atomic mass is 10.2. The van der Waals surface area contributed by atoms with Crippen molar-refractivity contribution < 1.29 is 28.6 Å². The van der Waals surface area contributed by atoms with E-state index in [9.17, 15) is 14.4 Å². The number of hydrogen-bond acceptors (Lipinski definition) is 6. The van der Waals surface area contributed by atoms with Gasteiger partial charge in [0.25, 0.3) is 0 Å². The van der Waals surface area contributed by atoms with E-state index < -0.39 is 0 Å². The van der Waals surface area contributed by atoms with Crippen LogP contribution in [0.15, 0.2) is 0 Å². The molecule has 0 aromatic heterocycles. The highest BCUT2D eigenvalue weighted by molar-refractivity contribution is 5.78. The first-order valence-corrected chi connectivity index (χ1v) is 8.29. The third kappa shape index (κ3) is 15.4. The van der Waals surface area contributed by atoms with Crippen molar-refractivity contribution in [3.63, 3.8) is 0 Å². The van der Waals surface area contributed by atoms with Crippen LogP contribution >= 0.6 is 0 Å². The van der Waals surface area contributed by atoms with Crippen LogP contribution in [0.4, 0.5) is 0 Å². The van der Waals surface area contributed by atoms with Crippen LogP contribution in [0.1, 0.15) is 32.6 Å². The van der Waals surface area contributed by atoms with Crippen LogP contribution in [0.2, 0.25) is 0 Å². The fraction of sp³-hybridized carbons (Fsp3) is 0.812. The molecule has 8 heteroatoms. The summed E-state index contributed by atoms with van der Waals surface area (Å²) < 4.78 is 15.3. The Kier molecular flexibility index (Phi) is 15.3. The topological polar surface area (TPSA) is 103 Å². The first-order chi connectivity index (χ1) is 11.6. The Balaban J connectivity index is 3.32. The lowest BCUT2D eigenvalue weighted by Crippen LogP contribution is -2.30. The molecule has 0 aromatic rings. The van der Waals surface area contributed by atoms with Gasteiger partial charge in [-0.3, -0.25) is 14.4 Å². The summed E-state index contributed by atoms with van der Waals surface area (Å²) in [6.45, 7) is 4.47. The summed E-state index contributed by atoms with van der Waals surface area (Å²) in [4.78, 5) is 33.8. The van der Waals surface area contributed by atoms with Crippen molar-refractivity contribution in [3.05, 3.63) is 0 Å². The third-order valence-electron chi connectivity index (χ3n) is 3.06. The van der Waals surface area contributed by atoms with Gasteiger partial charge in [0.15, 0.2) is 0 Å². The van der Waals surface area contributed by atoms with Crippen LogP contribution < -0.4 is 10.6 Å². The summed E-state index contributed by atoms with van der Waals surface area (Å²) in [6, 6.07) is 0. The highest BCUT2D eigenvalue weighted by Crippen LogP contribution is 1.89. The number of methoxy groups -OCH3 is 1. The summed E-state index contributed by atoms with van der Waals surface area (Å²) in [5.74, 6) is -0.0303. The zero-order chi connectivity index (χ0) is 18.0. The Labute approximate surface area is 143 Å². The molecule has 0 heterocycles. The first-order valence-electron chi connectivity index (χ1n) is 8.29. The quantitative estimate of drug-likeness (QED) is 0.383. The van der Waals surface area contributed by atoms with Crippen molar-refractivity contribution in [1.82, 2.24) is 10.6 Å². The van der Waals surface area contributed by atoms with Crippen molar-refractivity contribution >= 4 is 17.6 Å². The van der Waals surface area contributed by atoms with E-state index >= 15 is 0 Å². The zero-order valence-corrected chi connectivity index (χ0v) is 14.7. The van der Waals surface area contributed by atoms with Gasteiger partial charge in [0.1, 0.15) is 5.78 Å². The lowest BCUT2D eigenvalue weighted by Gasteiger charge is -2.08.